The van der Waals surface area contributed by atoms with Crippen LogP contribution in [0.3, 0.4) is 0 Å². The highest BCUT2D eigenvalue weighted by molar-refractivity contribution is 5.82. The van der Waals surface area contributed by atoms with E-state index < -0.39 is 0 Å². The van der Waals surface area contributed by atoms with Crippen molar-refractivity contribution in [1.29, 1.82) is 5.41 Å². The zero-order chi connectivity index (χ0) is 12.3. The highest BCUT2D eigenvalue weighted by Gasteiger charge is 2.08. The number of hydrogen-bond acceptors (Lipinski definition) is 7. The van der Waals surface area contributed by atoms with E-state index in [0.29, 0.717) is 10.9 Å². The molecule has 2 aromatic rings. The molecule has 0 aliphatic rings. The Morgan fingerprint density at radius 3 is 3.00 bits per heavy atom. The smallest absolute Gasteiger partial charge is 0.326 e. The van der Waals surface area contributed by atoms with Gasteiger partial charge in [0, 0.05) is 12.4 Å². The van der Waals surface area contributed by atoms with Gasteiger partial charge in [0.05, 0.1) is 23.3 Å². The molecule has 0 saturated heterocycles. The van der Waals surface area contributed by atoms with Gasteiger partial charge in [-0.2, -0.15) is 9.97 Å². The minimum Gasteiger partial charge on any atom is -0.493 e. The van der Waals surface area contributed by atoms with Gasteiger partial charge in [-0.25, -0.2) is 0 Å². The molecule has 0 aliphatic carbocycles. The van der Waals surface area contributed by atoms with Crippen LogP contribution in [-0.4, -0.2) is 26.3 Å². The number of nitrogens with two attached hydrogens (primary N) is 1. The van der Waals surface area contributed by atoms with Crippen molar-refractivity contribution < 1.29 is 9.84 Å². The van der Waals surface area contributed by atoms with Gasteiger partial charge in [-0.15, -0.1) is 0 Å². The lowest BCUT2D eigenvalue weighted by atomic mass is 10.3. The van der Waals surface area contributed by atoms with Gasteiger partial charge in [0.15, 0.2) is 5.76 Å². The largest absolute Gasteiger partial charge is 0.493 e. The van der Waals surface area contributed by atoms with E-state index in [9.17, 15) is 5.11 Å². The highest BCUT2D eigenvalue weighted by atomic mass is 16.5. The number of fused-ring (bicyclic) bond motifs is 1. The van der Waals surface area contributed by atoms with Gasteiger partial charge in [0.1, 0.15) is 0 Å². The summed E-state index contributed by atoms with van der Waals surface area (Å²) in [5, 5.41) is 17.1. The van der Waals surface area contributed by atoms with Crippen molar-refractivity contribution in [2.24, 2.45) is 5.73 Å². The van der Waals surface area contributed by atoms with E-state index in [1.807, 2.05) is 0 Å². The molecule has 0 saturated carbocycles. The van der Waals surface area contributed by atoms with Gasteiger partial charge in [0.2, 0.25) is 5.88 Å². The third-order valence-corrected chi connectivity index (χ3v) is 1.97. The first-order valence-corrected chi connectivity index (χ1v) is 4.65. The van der Waals surface area contributed by atoms with E-state index >= 15 is 0 Å². The number of nitrogens with zero attached hydrogens (tertiary/aromatic N) is 3. The molecule has 0 spiro atoms. The topological polar surface area (TPSA) is 118 Å². The van der Waals surface area contributed by atoms with Crippen LogP contribution < -0.4 is 10.5 Å². The first kappa shape index (κ1) is 10.8. The fraction of sp³-hybridized carbons (Fsp3) is 0. The van der Waals surface area contributed by atoms with Crippen LogP contribution in [0.25, 0.3) is 10.9 Å². The van der Waals surface area contributed by atoms with Gasteiger partial charge in [-0.3, -0.25) is 4.98 Å². The van der Waals surface area contributed by atoms with Crippen molar-refractivity contribution in [1.82, 2.24) is 15.0 Å². The van der Waals surface area contributed by atoms with Crippen LogP contribution in [-0.2, 0) is 0 Å². The molecule has 0 fully saturated rings. The summed E-state index contributed by atoms with van der Waals surface area (Å²) in [7, 11) is 0. The van der Waals surface area contributed by atoms with Crippen LogP contribution in [0, 0.1) is 5.41 Å². The lowest BCUT2D eigenvalue weighted by Crippen LogP contribution is -2.03. The summed E-state index contributed by atoms with van der Waals surface area (Å²) in [5.41, 5.74) is 5.65. The first-order valence-electron chi connectivity index (χ1n) is 4.65. The molecule has 7 heteroatoms. The van der Waals surface area contributed by atoms with E-state index in [0.717, 1.165) is 12.4 Å². The Morgan fingerprint density at radius 1 is 1.47 bits per heavy atom. The van der Waals surface area contributed by atoms with Crippen molar-refractivity contribution in [3.8, 4) is 11.9 Å². The Balaban J connectivity index is 2.46. The average Bonchev–Trinajstić information content (AvgIpc) is 2.36. The van der Waals surface area contributed by atoms with Crippen LogP contribution in [0.4, 0.5) is 0 Å². The molecule has 0 aromatic carbocycles. The summed E-state index contributed by atoms with van der Waals surface area (Å²) in [5.74, 6) is -0.138. The third kappa shape index (κ3) is 2.12. The second kappa shape index (κ2) is 4.44. The summed E-state index contributed by atoms with van der Waals surface area (Å²) in [4.78, 5) is 11.6. The summed E-state index contributed by atoms with van der Waals surface area (Å²) >= 11 is 0. The summed E-state index contributed by atoms with van der Waals surface area (Å²) in [6.45, 7) is 0. The number of aromatic hydroxyl groups is 1. The minimum absolute atomic E-state index is 0.0765. The number of aromatic nitrogens is 3. The van der Waals surface area contributed by atoms with Gasteiger partial charge < -0.3 is 21.0 Å². The Morgan fingerprint density at radius 2 is 2.29 bits per heavy atom. The van der Waals surface area contributed by atoms with Crippen LogP contribution in [0.1, 0.15) is 0 Å². The van der Waals surface area contributed by atoms with Gasteiger partial charge in [0.25, 0.3) is 0 Å². The fourth-order valence-electron chi connectivity index (χ4n) is 1.21. The molecule has 0 radical (unpaired) electrons. The molecule has 0 aliphatic heterocycles. The van der Waals surface area contributed by atoms with Gasteiger partial charge >= 0.3 is 6.01 Å². The molecule has 2 heterocycles. The fourth-order valence-corrected chi connectivity index (χ4v) is 1.21. The quantitative estimate of drug-likeness (QED) is 0.524. The second-order valence-electron chi connectivity index (χ2n) is 3.04. The molecule has 0 amide bonds. The molecular weight excluding hydrogens is 222 g/mol. The zero-order valence-electron chi connectivity index (χ0n) is 8.66. The zero-order valence-corrected chi connectivity index (χ0v) is 8.66. The average molecular weight is 231 g/mol. The lowest BCUT2D eigenvalue weighted by molar-refractivity contribution is 0.396. The van der Waals surface area contributed by atoms with Crippen LogP contribution in [0.2, 0.25) is 0 Å². The van der Waals surface area contributed by atoms with Crippen LogP contribution >= 0.6 is 0 Å². The first-order chi connectivity index (χ1) is 8.24. The second-order valence-corrected chi connectivity index (χ2v) is 3.04. The van der Waals surface area contributed by atoms with Crippen molar-refractivity contribution >= 4 is 17.1 Å². The molecule has 2 rings (SSSR count). The Kier molecular flexibility index (Phi) is 2.82. The summed E-state index contributed by atoms with van der Waals surface area (Å²) in [6, 6.07) is 1.49. The van der Waals surface area contributed by atoms with Crippen molar-refractivity contribution in [3.05, 3.63) is 30.4 Å². The maximum absolute atomic E-state index is 9.64. The SMILES string of the molecule is N=C/C(=C\N)Oc1nc(O)c2ccncc2n1. The third-order valence-electron chi connectivity index (χ3n) is 1.97. The van der Waals surface area contributed by atoms with Crippen molar-refractivity contribution in [2.45, 2.75) is 0 Å². The van der Waals surface area contributed by atoms with Gasteiger partial charge in [-0.05, 0) is 6.07 Å². The van der Waals surface area contributed by atoms with E-state index in [4.69, 9.17) is 15.9 Å². The Hall–Kier alpha value is -2.70. The van der Waals surface area contributed by atoms with Crippen molar-refractivity contribution in [2.75, 3.05) is 0 Å². The Bertz CT molecular complexity index is 596. The minimum atomic E-state index is -0.214. The normalized spacial score (nSPS) is 11.4. The number of nitrogens with one attached hydrogen (secondary N) is 1. The molecule has 0 unspecified atom stereocenters. The predicted octanol–water partition coefficient (Wildman–Crippen LogP) is 0.559. The predicted molar refractivity (Wildman–Crippen MR) is 60.7 cm³/mol. The molecule has 0 bridgehead atoms. The van der Waals surface area contributed by atoms with Crippen molar-refractivity contribution in [3.63, 3.8) is 0 Å². The molecule has 4 N–H and O–H groups in total. The molecule has 2 aromatic heterocycles. The molecule has 7 nitrogen and oxygen atoms in total. The van der Waals surface area contributed by atoms with E-state index in [2.05, 4.69) is 15.0 Å². The number of allylic oxidation sites excluding steroid dienone is 1. The molecule has 17 heavy (non-hydrogen) atoms. The molecule has 86 valence electrons. The molecular formula is C10H9N5O2. The maximum atomic E-state index is 9.64. The Labute approximate surface area is 96.1 Å². The van der Waals surface area contributed by atoms with Crippen LogP contribution in [0.15, 0.2) is 30.4 Å². The molecule has 0 atom stereocenters. The highest BCUT2D eigenvalue weighted by Crippen LogP contribution is 2.22. The maximum Gasteiger partial charge on any atom is 0.326 e. The number of rotatable bonds is 3. The number of hydrogen-bond donors (Lipinski definition) is 3. The van der Waals surface area contributed by atoms with Gasteiger partial charge in [-0.1, -0.05) is 0 Å². The van der Waals surface area contributed by atoms with E-state index in [1.165, 1.54) is 12.4 Å². The van der Waals surface area contributed by atoms with E-state index in [1.54, 1.807) is 6.07 Å². The van der Waals surface area contributed by atoms with Crippen LogP contribution in [0.5, 0.6) is 11.9 Å². The lowest BCUT2D eigenvalue weighted by Gasteiger charge is -2.05. The summed E-state index contributed by atoms with van der Waals surface area (Å²) < 4.78 is 5.08. The standard InChI is InChI=1S/C10H9N5O2/c11-3-6(4-12)17-10-14-8-5-13-2-1-7(8)9(16)15-10/h1-5,11H,12H2,(H,14,15,16)/b6-4+,11-3?. The number of pyridine rings is 1. The monoisotopic (exact) mass is 231 g/mol. The van der Waals surface area contributed by atoms with E-state index in [-0.39, 0.29) is 17.6 Å². The summed E-state index contributed by atoms with van der Waals surface area (Å²) in [6.07, 6.45) is 5.00. The number of ether oxygens (including phenoxy) is 1.